The summed E-state index contributed by atoms with van der Waals surface area (Å²) in [5, 5.41) is 0.906. The molecule has 2 rings (SSSR count). The number of fused-ring (bicyclic) bond motifs is 1. The van der Waals surface area contributed by atoms with Gasteiger partial charge >= 0.3 is 5.13 Å². The summed E-state index contributed by atoms with van der Waals surface area (Å²) in [5.41, 5.74) is 7.18. The summed E-state index contributed by atoms with van der Waals surface area (Å²) in [4.78, 5) is 0. The van der Waals surface area contributed by atoms with Crippen LogP contribution >= 0.6 is 11.3 Å². The predicted octanol–water partition coefficient (Wildman–Crippen LogP) is 2.18. The number of benzene rings is 1. The first-order valence-corrected chi connectivity index (χ1v) is 5.31. The molecule has 2 aromatic rings. The van der Waals surface area contributed by atoms with Crippen molar-refractivity contribution in [2.75, 3.05) is 5.73 Å². The second-order valence-corrected chi connectivity index (χ2v) is 4.12. The average Bonchev–Trinajstić information content (AvgIpc) is 2.44. The number of rotatable bonds is 2. The number of nitrogen functional groups attached to an aromatic ring is 1. The highest BCUT2D eigenvalue weighted by Gasteiger charge is 2.12. The Hall–Kier alpha value is -1.09. The first-order valence-electron chi connectivity index (χ1n) is 4.49. The van der Waals surface area contributed by atoms with Gasteiger partial charge in [-0.2, -0.15) is 0 Å². The van der Waals surface area contributed by atoms with Gasteiger partial charge in [0.05, 0.1) is 11.2 Å². The van der Waals surface area contributed by atoms with Gasteiger partial charge in [0.15, 0.2) is 0 Å². The zero-order chi connectivity index (χ0) is 9.26. The minimum Gasteiger partial charge on any atom is -0.278 e. The first-order chi connectivity index (χ1) is 6.33. The topological polar surface area (TPSA) is 29.9 Å². The molecular weight excluding hydrogens is 180 g/mol. The van der Waals surface area contributed by atoms with Crippen molar-refractivity contribution >= 4 is 26.7 Å². The Labute approximate surface area is 81.6 Å². The Balaban J connectivity index is 2.64. The van der Waals surface area contributed by atoms with Crippen LogP contribution in [-0.4, -0.2) is 0 Å². The number of nitrogens with two attached hydrogens (primary N) is 1. The fourth-order valence-corrected chi connectivity index (χ4v) is 2.46. The Bertz CT molecular complexity index is 420. The molecule has 0 aliphatic rings. The molecule has 0 saturated carbocycles. The van der Waals surface area contributed by atoms with E-state index >= 15 is 0 Å². The second-order valence-electron chi connectivity index (χ2n) is 3.06. The maximum absolute atomic E-state index is 5.92. The van der Waals surface area contributed by atoms with Crippen LogP contribution in [0, 0.1) is 0 Å². The van der Waals surface area contributed by atoms with Gasteiger partial charge < -0.3 is 0 Å². The molecular formula is C10H13N2S+. The van der Waals surface area contributed by atoms with Crippen LogP contribution in [0.1, 0.15) is 13.3 Å². The molecule has 1 heterocycles. The van der Waals surface area contributed by atoms with Crippen molar-refractivity contribution in [3.05, 3.63) is 24.3 Å². The summed E-state index contributed by atoms with van der Waals surface area (Å²) in [6, 6.07) is 8.34. The molecule has 1 aromatic carbocycles. The van der Waals surface area contributed by atoms with E-state index in [-0.39, 0.29) is 0 Å². The van der Waals surface area contributed by atoms with Gasteiger partial charge in [0.1, 0.15) is 5.52 Å². The SMILES string of the molecule is CCC[n+]1c(N)sc2ccccc21. The average molecular weight is 193 g/mol. The van der Waals surface area contributed by atoms with Crippen LogP contribution in [0.15, 0.2) is 24.3 Å². The summed E-state index contributed by atoms with van der Waals surface area (Å²) >= 11 is 1.66. The van der Waals surface area contributed by atoms with Crippen molar-refractivity contribution in [2.45, 2.75) is 19.9 Å². The monoisotopic (exact) mass is 193 g/mol. The lowest BCUT2D eigenvalue weighted by Gasteiger charge is -1.95. The van der Waals surface area contributed by atoms with Gasteiger partial charge in [0.2, 0.25) is 0 Å². The lowest BCUT2D eigenvalue weighted by Crippen LogP contribution is -2.34. The van der Waals surface area contributed by atoms with E-state index in [2.05, 4.69) is 35.8 Å². The molecule has 2 nitrogen and oxygen atoms in total. The number of hydrogen-bond acceptors (Lipinski definition) is 2. The van der Waals surface area contributed by atoms with Crippen LogP contribution in [0.2, 0.25) is 0 Å². The quantitative estimate of drug-likeness (QED) is 0.728. The molecule has 0 unspecified atom stereocenters. The molecule has 0 amide bonds. The van der Waals surface area contributed by atoms with Crippen LogP contribution < -0.4 is 10.3 Å². The molecule has 3 heteroatoms. The minimum atomic E-state index is 0.906. The third-order valence-electron chi connectivity index (χ3n) is 2.08. The summed E-state index contributed by atoms with van der Waals surface area (Å²) in [6.07, 6.45) is 1.12. The molecule has 1 aromatic heterocycles. The van der Waals surface area contributed by atoms with Crippen molar-refractivity contribution in [1.82, 2.24) is 0 Å². The van der Waals surface area contributed by atoms with Crippen LogP contribution in [0.25, 0.3) is 10.2 Å². The van der Waals surface area contributed by atoms with Crippen molar-refractivity contribution < 1.29 is 4.57 Å². The number of aromatic nitrogens is 1. The zero-order valence-electron chi connectivity index (χ0n) is 7.66. The molecule has 2 N–H and O–H groups in total. The molecule has 0 saturated heterocycles. The van der Waals surface area contributed by atoms with Gasteiger partial charge in [-0.1, -0.05) is 19.1 Å². The van der Waals surface area contributed by atoms with Gasteiger partial charge in [-0.3, -0.25) is 5.73 Å². The fraction of sp³-hybridized carbons (Fsp3) is 0.300. The van der Waals surface area contributed by atoms with E-state index in [1.54, 1.807) is 11.3 Å². The third-order valence-corrected chi connectivity index (χ3v) is 3.08. The minimum absolute atomic E-state index is 0.906. The Morgan fingerprint density at radius 3 is 2.92 bits per heavy atom. The van der Waals surface area contributed by atoms with E-state index in [0.717, 1.165) is 18.1 Å². The molecule has 68 valence electrons. The normalized spacial score (nSPS) is 10.8. The zero-order valence-corrected chi connectivity index (χ0v) is 8.47. The Morgan fingerprint density at radius 1 is 1.38 bits per heavy atom. The number of hydrogen-bond donors (Lipinski definition) is 1. The molecule has 0 bridgehead atoms. The van der Waals surface area contributed by atoms with Crippen molar-refractivity contribution in [2.24, 2.45) is 0 Å². The highest BCUT2D eigenvalue weighted by molar-refractivity contribution is 7.21. The van der Waals surface area contributed by atoms with Gasteiger partial charge in [-0.15, -0.1) is 0 Å². The summed E-state index contributed by atoms with van der Waals surface area (Å²) < 4.78 is 3.45. The highest BCUT2D eigenvalue weighted by atomic mass is 32.1. The van der Waals surface area contributed by atoms with E-state index in [1.807, 2.05) is 0 Å². The highest BCUT2D eigenvalue weighted by Crippen LogP contribution is 2.21. The third kappa shape index (κ3) is 1.40. The van der Waals surface area contributed by atoms with Crippen LogP contribution in [0.5, 0.6) is 0 Å². The van der Waals surface area contributed by atoms with E-state index in [1.165, 1.54) is 10.2 Å². The van der Waals surface area contributed by atoms with Gasteiger partial charge in [0, 0.05) is 0 Å². The van der Waals surface area contributed by atoms with E-state index in [4.69, 9.17) is 5.73 Å². The lowest BCUT2D eigenvalue weighted by atomic mass is 10.3. The van der Waals surface area contributed by atoms with Crippen molar-refractivity contribution in [3.8, 4) is 0 Å². The summed E-state index contributed by atoms with van der Waals surface area (Å²) in [6.45, 7) is 3.18. The van der Waals surface area contributed by atoms with Crippen molar-refractivity contribution in [3.63, 3.8) is 0 Å². The maximum atomic E-state index is 5.92. The molecule has 0 spiro atoms. The van der Waals surface area contributed by atoms with E-state index in [9.17, 15) is 0 Å². The first kappa shape index (κ1) is 8.51. The standard InChI is InChI=1S/C10H12N2S/c1-2-7-12-8-5-3-4-6-9(8)13-10(12)11/h3-6,11H,2,7H2,1H3/p+1. The van der Waals surface area contributed by atoms with Crippen LogP contribution in [0.4, 0.5) is 5.13 Å². The summed E-state index contributed by atoms with van der Waals surface area (Å²) in [5.74, 6) is 0. The number of nitrogens with zero attached hydrogens (tertiary/aromatic N) is 1. The molecule has 0 atom stereocenters. The van der Waals surface area contributed by atoms with Crippen LogP contribution in [0.3, 0.4) is 0 Å². The molecule has 0 aliphatic carbocycles. The maximum Gasteiger partial charge on any atom is 0.332 e. The number of para-hydroxylation sites is 1. The Kier molecular flexibility index (Phi) is 2.19. The van der Waals surface area contributed by atoms with Gasteiger partial charge in [0.25, 0.3) is 0 Å². The van der Waals surface area contributed by atoms with Gasteiger partial charge in [-0.25, -0.2) is 4.57 Å². The fourth-order valence-electron chi connectivity index (χ4n) is 1.51. The largest absolute Gasteiger partial charge is 0.332 e. The van der Waals surface area contributed by atoms with Gasteiger partial charge in [-0.05, 0) is 29.9 Å². The molecule has 0 radical (unpaired) electrons. The van der Waals surface area contributed by atoms with Crippen LogP contribution in [-0.2, 0) is 6.54 Å². The second kappa shape index (κ2) is 3.34. The number of aryl methyl sites for hydroxylation is 1. The molecule has 0 fully saturated rings. The van der Waals surface area contributed by atoms with E-state index < -0.39 is 0 Å². The lowest BCUT2D eigenvalue weighted by molar-refractivity contribution is -0.653. The smallest absolute Gasteiger partial charge is 0.278 e. The predicted molar refractivity (Wildman–Crippen MR) is 56.7 cm³/mol. The Morgan fingerprint density at radius 2 is 2.15 bits per heavy atom. The van der Waals surface area contributed by atoms with Crippen molar-refractivity contribution in [1.29, 1.82) is 0 Å². The number of thiazole rings is 1. The summed E-state index contributed by atoms with van der Waals surface area (Å²) in [7, 11) is 0. The molecule has 0 aliphatic heterocycles. The van der Waals surface area contributed by atoms with E-state index in [0.29, 0.717) is 0 Å². The number of anilines is 1. The molecule has 13 heavy (non-hydrogen) atoms.